The van der Waals surface area contributed by atoms with Gasteiger partial charge in [-0.25, -0.2) is 0 Å². The molecule has 0 saturated carbocycles. The van der Waals surface area contributed by atoms with Gasteiger partial charge in [0.25, 0.3) is 0 Å². The van der Waals surface area contributed by atoms with E-state index >= 15 is 0 Å². The lowest BCUT2D eigenvalue weighted by molar-refractivity contribution is 0.261. The van der Waals surface area contributed by atoms with Gasteiger partial charge < -0.3 is 12.3 Å². The van der Waals surface area contributed by atoms with Crippen LogP contribution in [-0.4, -0.2) is 35.9 Å². The van der Waals surface area contributed by atoms with E-state index in [0.717, 1.165) is 0 Å². The van der Waals surface area contributed by atoms with Crippen LogP contribution in [0.15, 0.2) is 0 Å². The molecule has 0 fully saturated rings. The van der Waals surface area contributed by atoms with Gasteiger partial charge in [0.05, 0.1) is 6.07 Å². The first-order chi connectivity index (χ1) is 7.73. The normalized spacial score (nSPS) is 14.4. The Bertz CT molecular complexity index is 241. The molecule has 0 aromatic rings. The fraction of sp³-hybridized carbons (Fsp3) is 0.889. The molecule has 0 rings (SSSR count). The molecule has 0 aromatic carbocycles. The van der Waals surface area contributed by atoms with Crippen LogP contribution in [0.2, 0.25) is 44.8 Å². The van der Waals surface area contributed by atoms with E-state index in [1.807, 2.05) is 6.92 Å². The molecular formula is C9H25NO3Si4. The van der Waals surface area contributed by atoms with Crippen molar-refractivity contribution >= 4 is 35.9 Å². The Hall–Kier alpha value is 0.238. The first kappa shape index (κ1) is 17.2. The lowest BCUT2D eigenvalue weighted by atomic mass is 10.5. The van der Waals surface area contributed by atoms with E-state index in [0.29, 0.717) is 0 Å². The molecule has 0 aliphatic carbocycles. The van der Waals surface area contributed by atoms with Crippen molar-refractivity contribution in [3.8, 4) is 6.07 Å². The second kappa shape index (κ2) is 7.62. The molecular weight excluding hydrogens is 282 g/mol. The van der Waals surface area contributed by atoms with Crippen LogP contribution >= 0.6 is 0 Å². The molecule has 0 aromatic heterocycles. The van der Waals surface area contributed by atoms with Crippen LogP contribution in [0.3, 0.4) is 0 Å². The third-order valence-electron chi connectivity index (χ3n) is 1.92. The van der Waals surface area contributed by atoms with Crippen molar-refractivity contribution in [1.82, 2.24) is 0 Å². The summed E-state index contributed by atoms with van der Waals surface area (Å²) >= 11 is 0. The molecule has 0 aliphatic heterocycles. The van der Waals surface area contributed by atoms with Crippen molar-refractivity contribution in [2.45, 2.75) is 51.7 Å². The minimum absolute atomic E-state index is 0.262. The molecule has 0 radical (unpaired) electrons. The van der Waals surface area contributed by atoms with Crippen molar-refractivity contribution in [3.05, 3.63) is 0 Å². The van der Waals surface area contributed by atoms with Gasteiger partial charge in [0.2, 0.25) is 0 Å². The monoisotopic (exact) mass is 307 g/mol. The van der Waals surface area contributed by atoms with Gasteiger partial charge in [-0.05, 0) is 46.2 Å². The molecule has 0 saturated heterocycles. The van der Waals surface area contributed by atoms with E-state index in [4.69, 9.17) is 12.3 Å². The van der Waals surface area contributed by atoms with Gasteiger partial charge in [-0.3, -0.25) is 0 Å². The Kier molecular flexibility index (Phi) is 7.73. The number of nitriles is 1. The second-order valence-electron chi connectivity index (χ2n) is 4.95. The Balaban J connectivity index is 5.13. The Morgan fingerprint density at radius 3 is 1.35 bits per heavy atom. The van der Waals surface area contributed by atoms with Crippen LogP contribution in [0.5, 0.6) is 0 Å². The maximum atomic E-state index is 9.20. The highest BCUT2D eigenvalue weighted by Gasteiger charge is 2.49. The van der Waals surface area contributed by atoms with E-state index in [1.54, 1.807) is 0 Å². The molecule has 0 bridgehead atoms. The Morgan fingerprint density at radius 1 is 0.882 bits per heavy atom. The van der Waals surface area contributed by atoms with Crippen LogP contribution in [0, 0.1) is 11.3 Å². The standard InChI is InChI=1S/C9H25NO3Si4/c1-9(8-10)17(11-14(2)3,12-15(4)5)13-16(6)7/h9,14-16H,1-7H3. The van der Waals surface area contributed by atoms with E-state index in [9.17, 15) is 5.26 Å². The number of hydrogen-bond acceptors (Lipinski definition) is 4. The molecule has 0 heterocycles. The van der Waals surface area contributed by atoms with Gasteiger partial charge in [0, 0.05) is 0 Å². The highest BCUT2D eigenvalue weighted by molar-refractivity contribution is 6.81. The topological polar surface area (TPSA) is 51.5 Å². The predicted molar refractivity (Wildman–Crippen MR) is 80.7 cm³/mol. The summed E-state index contributed by atoms with van der Waals surface area (Å²) in [7, 11) is -6.60. The zero-order valence-electron chi connectivity index (χ0n) is 12.0. The van der Waals surface area contributed by atoms with Crippen molar-refractivity contribution in [2.24, 2.45) is 0 Å². The van der Waals surface area contributed by atoms with Gasteiger partial charge in [-0.2, -0.15) is 5.26 Å². The van der Waals surface area contributed by atoms with Gasteiger partial charge >= 0.3 is 8.80 Å². The summed E-state index contributed by atoms with van der Waals surface area (Å²) in [5.74, 6) is 0. The third-order valence-corrected chi connectivity index (χ3v) is 12.7. The molecule has 100 valence electrons. The van der Waals surface area contributed by atoms with Crippen LogP contribution in [-0.2, 0) is 12.3 Å². The predicted octanol–water partition coefficient (Wildman–Crippen LogP) is 1.84. The molecule has 0 amide bonds. The van der Waals surface area contributed by atoms with Crippen LogP contribution in [0.4, 0.5) is 0 Å². The number of nitrogens with zero attached hydrogens (tertiary/aromatic N) is 1. The molecule has 17 heavy (non-hydrogen) atoms. The Labute approximate surface area is 111 Å². The van der Waals surface area contributed by atoms with Crippen LogP contribution < -0.4 is 0 Å². The average Bonchev–Trinajstić information content (AvgIpc) is 2.12. The maximum absolute atomic E-state index is 9.20. The molecule has 1 atom stereocenters. The molecule has 8 heteroatoms. The van der Waals surface area contributed by atoms with Crippen LogP contribution in [0.1, 0.15) is 6.92 Å². The van der Waals surface area contributed by atoms with Crippen molar-refractivity contribution in [2.75, 3.05) is 0 Å². The average molecular weight is 308 g/mol. The van der Waals surface area contributed by atoms with E-state index in [-0.39, 0.29) is 5.54 Å². The van der Waals surface area contributed by atoms with Gasteiger partial charge in [0.15, 0.2) is 27.1 Å². The van der Waals surface area contributed by atoms with Crippen molar-refractivity contribution in [3.63, 3.8) is 0 Å². The summed E-state index contributed by atoms with van der Waals surface area (Å²) in [5.41, 5.74) is -0.262. The van der Waals surface area contributed by atoms with Gasteiger partial charge in [0.1, 0.15) is 5.54 Å². The summed E-state index contributed by atoms with van der Waals surface area (Å²) in [6.45, 7) is 14.5. The third kappa shape index (κ3) is 6.10. The highest BCUT2D eigenvalue weighted by atomic mass is 28.5. The fourth-order valence-electron chi connectivity index (χ4n) is 1.45. The molecule has 0 N–H and O–H groups in total. The summed E-state index contributed by atoms with van der Waals surface area (Å²) < 4.78 is 18.3. The quantitative estimate of drug-likeness (QED) is 0.674. The highest BCUT2D eigenvalue weighted by Crippen LogP contribution is 2.27. The zero-order chi connectivity index (χ0) is 13.6. The second-order valence-corrected chi connectivity index (χ2v) is 16.1. The SMILES string of the molecule is CC(C#N)[Si](O[SiH](C)C)(O[SiH](C)C)O[SiH](C)C. The number of rotatable bonds is 7. The fourth-order valence-corrected chi connectivity index (χ4v) is 14.1. The van der Waals surface area contributed by atoms with E-state index in [1.165, 1.54) is 0 Å². The zero-order valence-corrected chi connectivity index (χ0v) is 16.4. The minimum Gasteiger partial charge on any atom is -0.419 e. The first-order valence-corrected chi connectivity index (χ1v) is 16.3. The summed E-state index contributed by atoms with van der Waals surface area (Å²) in [6.07, 6.45) is 0. The van der Waals surface area contributed by atoms with E-state index < -0.39 is 35.9 Å². The molecule has 0 aliphatic rings. The Morgan fingerprint density at radius 2 is 1.18 bits per heavy atom. The van der Waals surface area contributed by atoms with Gasteiger partial charge in [-0.1, -0.05) is 0 Å². The van der Waals surface area contributed by atoms with Gasteiger partial charge in [-0.15, -0.1) is 0 Å². The smallest absolute Gasteiger partial charge is 0.419 e. The lowest BCUT2D eigenvalue weighted by Gasteiger charge is -2.36. The molecule has 0 spiro atoms. The maximum Gasteiger partial charge on any atom is 0.486 e. The minimum atomic E-state index is -2.76. The molecule has 4 nitrogen and oxygen atoms in total. The first-order valence-electron chi connectivity index (χ1n) is 6.16. The summed E-state index contributed by atoms with van der Waals surface area (Å²) in [5, 5.41) is 9.20. The largest absolute Gasteiger partial charge is 0.486 e. The van der Waals surface area contributed by atoms with Crippen molar-refractivity contribution < 1.29 is 12.3 Å². The summed E-state index contributed by atoms with van der Waals surface area (Å²) in [4.78, 5) is 0. The molecule has 1 unspecified atom stereocenters. The van der Waals surface area contributed by atoms with E-state index in [2.05, 4.69) is 45.4 Å². The van der Waals surface area contributed by atoms with Crippen LogP contribution in [0.25, 0.3) is 0 Å². The summed E-state index contributed by atoms with van der Waals surface area (Å²) in [6, 6.07) is 2.28. The number of hydrogen-bond donors (Lipinski definition) is 0. The van der Waals surface area contributed by atoms with Crippen molar-refractivity contribution in [1.29, 1.82) is 5.26 Å². The lowest BCUT2D eigenvalue weighted by Crippen LogP contribution is -2.55.